The van der Waals surface area contributed by atoms with Gasteiger partial charge in [0.05, 0.1) is 18.8 Å². The van der Waals surface area contributed by atoms with E-state index >= 15 is 0 Å². The number of pyridine rings is 1. The first-order valence-electron chi connectivity index (χ1n) is 6.31. The van der Waals surface area contributed by atoms with E-state index in [0.717, 1.165) is 18.2 Å². The molecule has 2 aromatic heterocycles. The van der Waals surface area contributed by atoms with Crippen LogP contribution >= 0.6 is 35.3 Å². The molecule has 0 amide bonds. The minimum Gasteiger partial charge on any atom is -0.357 e. The summed E-state index contributed by atoms with van der Waals surface area (Å²) >= 11 is 1.69. The largest absolute Gasteiger partial charge is 0.357 e. The smallest absolute Gasteiger partial charge is 0.191 e. The lowest BCUT2D eigenvalue weighted by molar-refractivity contribution is 0.800. The molecule has 2 heterocycles. The molecule has 0 aliphatic carbocycles. The van der Waals surface area contributed by atoms with Gasteiger partial charge in [-0.3, -0.25) is 4.98 Å². The van der Waals surface area contributed by atoms with Gasteiger partial charge in [0.1, 0.15) is 0 Å². The lowest BCUT2D eigenvalue weighted by atomic mass is 10.3. The predicted octanol–water partition coefficient (Wildman–Crippen LogP) is 3.02. The molecule has 0 spiro atoms. The van der Waals surface area contributed by atoms with Gasteiger partial charge in [-0.2, -0.15) is 11.3 Å². The maximum Gasteiger partial charge on any atom is 0.191 e. The third-order valence-corrected chi connectivity index (χ3v) is 3.24. The summed E-state index contributed by atoms with van der Waals surface area (Å²) in [5.74, 6) is 0.819. The minimum absolute atomic E-state index is 0. The molecular formula is C14H19IN4S. The number of nitrogens with one attached hydrogen (secondary N) is 2. The van der Waals surface area contributed by atoms with E-state index < -0.39 is 0 Å². The molecule has 0 aliphatic heterocycles. The summed E-state index contributed by atoms with van der Waals surface area (Å²) in [6, 6.07) is 7.99. The summed E-state index contributed by atoms with van der Waals surface area (Å²) in [5.41, 5.74) is 2.24. The van der Waals surface area contributed by atoms with E-state index in [1.165, 1.54) is 5.56 Å². The summed E-state index contributed by atoms with van der Waals surface area (Å²) in [6.07, 6.45) is 1.80. The fraction of sp³-hybridized carbons (Fsp3) is 0.286. The van der Waals surface area contributed by atoms with Gasteiger partial charge in [-0.25, -0.2) is 4.99 Å². The molecule has 20 heavy (non-hydrogen) atoms. The first-order chi connectivity index (χ1) is 9.38. The van der Waals surface area contributed by atoms with E-state index in [9.17, 15) is 0 Å². The Kier molecular flexibility index (Phi) is 8.20. The summed E-state index contributed by atoms with van der Waals surface area (Å²) in [7, 11) is 0. The molecule has 0 aliphatic rings. The number of thiophene rings is 1. The van der Waals surface area contributed by atoms with Crippen molar-refractivity contribution in [1.29, 1.82) is 0 Å². The van der Waals surface area contributed by atoms with Gasteiger partial charge in [0.15, 0.2) is 5.96 Å². The van der Waals surface area contributed by atoms with Gasteiger partial charge in [0.25, 0.3) is 0 Å². The van der Waals surface area contributed by atoms with Crippen LogP contribution in [0.5, 0.6) is 0 Å². The van der Waals surface area contributed by atoms with Crippen LogP contribution in [0.2, 0.25) is 0 Å². The fourth-order valence-electron chi connectivity index (χ4n) is 1.57. The molecule has 4 nitrogen and oxygen atoms in total. The van der Waals surface area contributed by atoms with Crippen LogP contribution in [0, 0.1) is 0 Å². The van der Waals surface area contributed by atoms with Gasteiger partial charge in [0.2, 0.25) is 0 Å². The molecule has 2 rings (SSSR count). The lowest BCUT2D eigenvalue weighted by Crippen LogP contribution is -2.36. The second-order valence-corrected chi connectivity index (χ2v) is 4.78. The van der Waals surface area contributed by atoms with Crippen molar-refractivity contribution < 1.29 is 0 Å². The Balaban J connectivity index is 0.00000200. The maximum atomic E-state index is 4.54. The summed E-state index contributed by atoms with van der Waals surface area (Å²) in [6.45, 7) is 4.28. The zero-order chi connectivity index (χ0) is 13.3. The highest BCUT2D eigenvalue weighted by Crippen LogP contribution is 2.06. The second-order valence-electron chi connectivity index (χ2n) is 4.00. The molecule has 108 valence electrons. The van der Waals surface area contributed by atoms with Gasteiger partial charge in [-0.05, 0) is 41.4 Å². The Labute approximate surface area is 140 Å². The highest BCUT2D eigenvalue weighted by atomic mass is 127. The highest BCUT2D eigenvalue weighted by Gasteiger charge is 1.99. The normalized spacial score (nSPS) is 10.8. The average Bonchev–Trinajstić information content (AvgIpc) is 2.96. The molecule has 0 atom stereocenters. The number of nitrogens with zero attached hydrogens (tertiary/aromatic N) is 2. The quantitative estimate of drug-likeness (QED) is 0.459. The number of halogens is 1. The van der Waals surface area contributed by atoms with Crippen molar-refractivity contribution >= 4 is 41.3 Å². The van der Waals surface area contributed by atoms with Crippen LogP contribution in [-0.2, 0) is 13.1 Å². The zero-order valence-electron chi connectivity index (χ0n) is 11.4. The van der Waals surface area contributed by atoms with E-state index in [1.807, 2.05) is 18.2 Å². The maximum absolute atomic E-state index is 4.54. The van der Waals surface area contributed by atoms with Crippen molar-refractivity contribution in [2.24, 2.45) is 4.99 Å². The Hall–Kier alpha value is -1.15. The monoisotopic (exact) mass is 402 g/mol. The Bertz CT molecular complexity index is 499. The molecule has 0 radical (unpaired) electrons. The highest BCUT2D eigenvalue weighted by molar-refractivity contribution is 14.0. The Morgan fingerprint density at radius 1 is 1.30 bits per heavy atom. The third kappa shape index (κ3) is 5.87. The predicted molar refractivity (Wildman–Crippen MR) is 95.6 cm³/mol. The third-order valence-electron chi connectivity index (χ3n) is 2.51. The lowest BCUT2D eigenvalue weighted by Gasteiger charge is -2.10. The van der Waals surface area contributed by atoms with E-state index in [2.05, 4.69) is 44.4 Å². The van der Waals surface area contributed by atoms with E-state index in [4.69, 9.17) is 0 Å². The fourth-order valence-corrected chi connectivity index (χ4v) is 2.23. The van der Waals surface area contributed by atoms with Crippen molar-refractivity contribution in [3.63, 3.8) is 0 Å². The summed E-state index contributed by atoms with van der Waals surface area (Å²) in [4.78, 5) is 8.82. The summed E-state index contributed by atoms with van der Waals surface area (Å²) < 4.78 is 0. The number of rotatable bonds is 5. The van der Waals surface area contributed by atoms with E-state index in [-0.39, 0.29) is 24.0 Å². The van der Waals surface area contributed by atoms with Gasteiger partial charge < -0.3 is 10.6 Å². The molecule has 0 unspecified atom stereocenters. The van der Waals surface area contributed by atoms with Crippen LogP contribution in [0.3, 0.4) is 0 Å². The van der Waals surface area contributed by atoms with Crippen molar-refractivity contribution in [2.75, 3.05) is 6.54 Å². The first-order valence-corrected chi connectivity index (χ1v) is 7.26. The van der Waals surface area contributed by atoms with E-state index in [1.54, 1.807) is 17.5 Å². The van der Waals surface area contributed by atoms with Gasteiger partial charge in [-0.1, -0.05) is 6.07 Å². The average molecular weight is 402 g/mol. The molecule has 6 heteroatoms. The number of guanidine groups is 1. The molecule has 2 N–H and O–H groups in total. The number of hydrogen-bond acceptors (Lipinski definition) is 3. The van der Waals surface area contributed by atoms with Crippen molar-refractivity contribution in [2.45, 2.75) is 20.0 Å². The first kappa shape index (κ1) is 16.9. The Morgan fingerprint density at radius 3 is 2.85 bits per heavy atom. The van der Waals surface area contributed by atoms with Crippen molar-refractivity contribution in [1.82, 2.24) is 15.6 Å². The molecule has 2 aromatic rings. The Morgan fingerprint density at radius 2 is 2.20 bits per heavy atom. The standard InChI is InChI=1S/C14H18N4S.HI/c1-2-15-14(17-9-12-6-8-19-11-12)18-10-13-5-3-4-7-16-13;/h3-8,11H,2,9-10H2,1H3,(H2,15,17,18);1H. The molecule has 0 fully saturated rings. The van der Waals surface area contributed by atoms with Crippen LogP contribution in [0.15, 0.2) is 46.2 Å². The van der Waals surface area contributed by atoms with Crippen molar-refractivity contribution in [3.05, 3.63) is 52.5 Å². The second kappa shape index (κ2) is 9.71. The minimum atomic E-state index is 0. The molecule has 0 saturated carbocycles. The molecule has 0 bridgehead atoms. The topological polar surface area (TPSA) is 49.3 Å². The van der Waals surface area contributed by atoms with Crippen molar-refractivity contribution in [3.8, 4) is 0 Å². The van der Waals surface area contributed by atoms with Gasteiger partial charge in [0, 0.05) is 12.7 Å². The van der Waals surface area contributed by atoms with Crippen LogP contribution < -0.4 is 10.6 Å². The van der Waals surface area contributed by atoms with Crippen LogP contribution in [-0.4, -0.2) is 17.5 Å². The zero-order valence-corrected chi connectivity index (χ0v) is 14.5. The number of aliphatic imine (C=N–C) groups is 1. The molecule has 0 saturated heterocycles. The number of aromatic nitrogens is 1. The van der Waals surface area contributed by atoms with Gasteiger partial charge >= 0.3 is 0 Å². The van der Waals surface area contributed by atoms with Gasteiger partial charge in [-0.15, -0.1) is 24.0 Å². The van der Waals surface area contributed by atoms with Crippen LogP contribution in [0.4, 0.5) is 0 Å². The molecule has 0 aromatic carbocycles. The SMILES string of the molecule is CCNC(=NCc1ccsc1)NCc1ccccn1.I. The van der Waals surface area contributed by atoms with Crippen LogP contribution in [0.25, 0.3) is 0 Å². The summed E-state index contributed by atoms with van der Waals surface area (Å²) in [5, 5.41) is 10.7. The van der Waals surface area contributed by atoms with Crippen LogP contribution in [0.1, 0.15) is 18.2 Å². The number of hydrogen-bond donors (Lipinski definition) is 2. The van der Waals surface area contributed by atoms with E-state index in [0.29, 0.717) is 13.1 Å². The molecular weight excluding hydrogens is 383 g/mol.